The fourth-order valence-corrected chi connectivity index (χ4v) is 8.18. The second-order valence-corrected chi connectivity index (χ2v) is 14.2. The number of halogens is 2. The number of fused-ring (bicyclic) bond motifs is 3. The number of carbonyl (C=O) groups excluding carboxylic acids is 2. The number of benzene rings is 2. The van der Waals surface area contributed by atoms with Crippen LogP contribution in [-0.2, 0) is 9.59 Å². The number of aromatic nitrogens is 3. The van der Waals surface area contributed by atoms with E-state index in [0.717, 1.165) is 38.8 Å². The molecule has 2 aromatic heterocycles. The number of hydrogen-bond acceptors (Lipinski definition) is 10. The van der Waals surface area contributed by atoms with Gasteiger partial charge in [-0.15, -0.1) is 6.42 Å². The topological polar surface area (TPSA) is 145 Å². The summed E-state index contributed by atoms with van der Waals surface area (Å²) >= 11 is 0. The monoisotopic (exact) mass is 705 g/mol. The molecule has 0 bridgehead atoms. The van der Waals surface area contributed by atoms with E-state index < -0.39 is 23.0 Å². The number of phenols is 1. The molecule has 0 unspecified atom stereocenters. The Balaban J connectivity index is 1.38. The van der Waals surface area contributed by atoms with Gasteiger partial charge in [0.15, 0.2) is 5.82 Å². The van der Waals surface area contributed by atoms with E-state index in [1.807, 2.05) is 11.8 Å². The summed E-state index contributed by atoms with van der Waals surface area (Å²) in [6.07, 6.45) is 15.3. The highest BCUT2D eigenvalue weighted by molar-refractivity contribution is 6.03. The molecule has 7 rings (SSSR count). The van der Waals surface area contributed by atoms with Crippen LogP contribution in [-0.4, -0.2) is 75.6 Å². The van der Waals surface area contributed by atoms with Gasteiger partial charge in [0, 0.05) is 30.2 Å². The van der Waals surface area contributed by atoms with Gasteiger partial charge in [-0.2, -0.15) is 15.2 Å². The summed E-state index contributed by atoms with van der Waals surface area (Å²) < 4.78 is 38.4. The maximum absolute atomic E-state index is 17.1. The fourth-order valence-electron chi connectivity index (χ4n) is 8.18. The van der Waals surface area contributed by atoms with Gasteiger partial charge in [0.05, 0.1) is 28.0 Å². The van der Waals surface area contributed by atoms with E-state index in [1.165, 1.54) is 36.5 Å². The van der Waals surface area contributed by atoms with E-state index in [2.05, 4.69) is 32.2 Å². The third kappa shape index (κ3) is 6.37. The summed E-state index contributed by atoms with van der Waals surface area (Å²) in [6, 6.07) is 7.74. The number of hydrogen-bond donors (Lipinski definition) is 2. The summed E-state index contributed by atoms with van der Waals surface area (Å²) in [7, 11) is 0. The zero-order valence-electron chi connectivity index (χ0n) is 28.7. The van der Waals surface area contributed by atoms with Crippen molar-refractivity contribution in [3.63, 3.8) is 0 Å². The Bertz CT molecular complexity index is 2200. The number of pyridine rings is 1. The summed E-state index contributed by atoms with van der Waals surface area (Å²) in [5, 5.41) is 23.7. The lowest BCUT2D eigenvalue weighted by molar-refractivity contribution is -0.121. The van der Waals surface area contributed by atoms with Gasteiger partial charge in [0.25, 0.3) is 0 Å². The number of ether oxygens (including phenoxy) is 1. The van der Waals surface area contributed by atoms with Crippen molar-refractivity contribution >= 4 is 39.8 Å². The van der Waals surface area contributed by atoms with Gasteiger partial charge in [-0.05, 0) is 94.1 Å². The molecule has 2 N–H and O–H groups in total. The molecular formula is C39H37F2N7O4. The molecule has 3 aliphatic heterocycles. The molecule has 3 fully saturated rings. The van der Waals surface area contributed by atoms with E-state index in [-0.39, 0.29) is 56.3 Å². The summed E-state index contributed by atoms with van der Waals surface area (Å²) in [5.74, 6) is 0.0754. The highest BCUT2D eigenvalue weighted by Crippen LogP contribution is 2.42. The molecule has 0 radical (unpaired) electrons. The van der Waals surface area contributed by atoms with Crippen LogP contribution in [0.25, 0.3) is 32.9 Å². The number of phenolic OH excluding ortho intramolecular Hbond substituents is 1. The zero-order chi connectivity index (χ0) is 36.6. The Morgan fingerprint density at radius 3 is 2.71 bits per heavy atom. The SMILES string of the molecule is C#Cc1c(F)ccc2cc(O)cc(-c3ncc4c(N5CC[C@](C)(C#N)C[C@@H](C=CC(=O)NC=O)C5)nc(OCC56CCCN5CCC6)nc4c3F)c12. The van der Waals surface area contributed by atoms with Crippen LogP contribution < -0.4 is 15.0 Å². The minimum Gasteiger partial charge on any atom is -0.508 e. The number of carbonyl (C=O) groups is 2. The number of anilines is 1. The van der Waals surface area contributed by atoms with E-state index in [0.29, 0.717) is 50.2 Å². The Morgan fingerprint density at radius 1 is 1.19 bits per heavy atom. The van der Waals surface area contributed by atoms with E-state index in [4.69, 9.17) is 16.1 Å². The van der Waals surface area contributed by atoms with Crippen molar-refractivity contribution in [2.45, 2.75) is 51.0 Å². The van der Waals surface area contributed by atoms with Gasteiger partial charge >= 0.3 is 6.01 Å². The van der Waals surface area contributed by atoms with Crippen LogP contribution in [0.3, 0.4) is 0 Å². The van der Waals surface area contributed by atoms with Crippen LogP contribution in [0.4, 0.5) is 14.6 Å². The molecule has 3 aliphatic rings. The number of rotatable bonds is 8. The Morgan fingerprint density at radius 2 is 1.98 bits per heavy atom. The fraction of sp³-hybridized carbons (Fsp3) is 0.385. The number of terminal acetylenes is 1. The van der Waals surface area contributed by atoms with Crippen LogP contribution in [0, 0.1) is 46.6 Å². The molecule has 5 heterocycles. The molecule has 11 nitrogen and oxygen atoms in total. The van der Waals surface area contributed by atoms with E-state index in [9.17, 15) is 24.3 Å². The van der Waals surface area contributed by atoms with Gasteiger partial charge in [-0.3, -0.25) is 24.8 Å². The van der Waals surface area contributed by atoms with Crippen molar-refractivity contribution < 1.29 is 28.2 Å². The molecule has 0 aliphatic carbocycles. The molecule has 266 valence electrons. The molecule has 4 aromatic rings. The summed E-state index contributed by atoms with van der Waals surface area (Å²) in [6.45, 7) is 4.81. The lowest BCUT2D eigenvalue weighted by Crippen LogP contribution is -2.43. The maximum Gasteiger partial charge on any atom is 0.319 e. The van der Waals surface area contributed by atoms with Crippen molar-refractivity contribution in [3.8, 4) is 41.4 Å². The molecule has 2 atom stereocenters. The number of imide groups is 1. The molecular weight excluding hydrogens is 668 g/mol. The van der Waals surface area contributed by atoms with Crippen molar-refractivity contribution in [2.24, 2.45) is 11.3 Å². The van der Waals surface area contributed by atoms with E-state index >= 15 is 4.39 Å². The first-order chi connectivity index (χ1) is 25.1. The second kappa shape index (κ2) is 13.8. The number of nitrogens with one attached hydrogen (secondary N) is 1. The Labute approximate surface area is 299 Å². The second-order valence-electron chi connectivity index (χ2n) is 14.2. The molecule has 13 heteroatoms. The van der Waals surface area contributed by atoms with Gasteiger partial charge in [-0.1, -0.05) is 18.1 Å². The summed E-state index contributed by atoms with van der Waals surface area (Å²) in [5.41, 5.74) is -1.20. The van der Waals surface area contributed by atoms with E-state index in [1.54, 1.807) is 6.08 Å². The minimum absolute atomic E-state index is 0.0347. The average molecular weight is 706 g/mol. The maximum atomic E-state index is 17.1. The van der Waals surface area contributed by atoms with Crippen LogP contribution in [0.5, 0.6) is 11.8 Å². The molecule has 0 saturated carbocycles. The predicted octanol–water partition coefficient (Wildman–Crippen LogP) is 5.39. The first-order valence-corrected chi connectivity index (χ1v) is 17.3. The van der Waals surface area contributed by atoms with Crippen LogP contribution in [0.15, 0.2) is 42.6 Å². The normalized spacial score (nSPS) is 21.5. The number of nitriles is 1. The van der Waals surface area contributed by atoms with Crippen molar-refractivity contribution in [3.05, 3.63) is 59.8 Å². The van der Waals surface area contributed by atoms with Crippen molar-refractivity contribution in [1.82, 2.24) is 25.2 Å². The summed E-state index contributed by atoms with van der Waals surface area (Å²) in [4.78, 5) is 41.2. The van der Waals surface area contributed by atoms with Gasteiger partial charge in [0.1, 0.15) is 35.2 Å². The Hall–Kier alpha value is -5.66. The number of amides is 2. The molecule has 3 saturated heterocycles. The van der Waals surface area contributed by atoms with Crippen LogP contribution >= 0.6 is 0 Å². The smallest absolute Gasteiger partial charge is 0.319 e. The predicted molar refractivity (Wildman–Crippen MR) is 190 cm³/mol. The quantitative estimate of drug-likeness (QED) is 0.139. The first kappa shape index (κ1) is 34.8. The van der Waals surface area contributed by atoms with Gasteiger partial charge in [0.2, 0.25) is 12.3 Å². The third-order valence-corrected chi connectivity index (χ3v) is 10.8. The van der Waals surface area contributed by atoms with Gasteiger partial charge in [-0.25, -0.2) is 8.78 Å². The average Bonchev–Trinajstić information content (AvgIpc) is 3.67. The highest BCUT2D eigenvalue weighted by Gasteiger charge is 2.45. The highest BCUT2D eigenvalue weighted by atomic mass is 19.1. The first-order valence-electron chi connectivity index (χ1n) is 17.3. The van der Waals surface area contributed by atoms with Crippen LogP contribution in [0.1, 0.15) is 51.0 Å². The molecule has 2 aromatic carbocycles. The largest absolute Gasteiger partial charge is 0.508 e. The third-order valence-electron chi connectivity index (χ3n) is 10.8. The molecule has 0 spiro atoms. The zero-order valence-corrected chi connectivity index (χ0v) is 28.7. The van der Waals surface area contributed by atoms with Crippen molar-refractivity contribution in [2.75, 3.05) is 37.7 Å². The van der Waals surface area contributed by atoms with Crippen molar-refractivity contribution in [1.29, 1.82) is 5.26 Å². The number of aromatic hydroxyl groups is 1. The molecule has 2 amide bonds. The van der Waals surface area contributed by atoms with Crippen LogP contribution in [0.2, 0.25) is 0 Å². The lowest BCUT2D eigenvalue weighted by atomic mass is 9.80. The van der Waals surface area contributed by atoms with Gasteiger partial charge < -0.3 is 14.7 Å². The lowest BCUT2D eigenvalue weighted by Gasteiger charge is -2.31. The minimum atomic E-state index is -0.842. The number of nitrogens with zero attached hydrogens (tertiary/aromatic N) is 6. The molecule has 52 heavy (non-hydrogen) atoms. The standard InChI is InChI=1S/C39H37F2N7O4/c1-3-27-30(40)8-7-25-16-26(50)17-28(32(25)27)34-33(41)35-29(19-43-34)36(46-37(45-35)52-22-39-10-4-13-48(39)14-5-11-39)47-15-12-38(2,21-42)18-24(20-47)6-9-31(51)44-23-49/h1,6-9,16-17,19,23-24,50H,4-5,10-15,18,20,22H2,2H3,(H,44,49,51)/t24-,38+/m1/s1. The Kier molecular flexibility index (Phi) is 9.24.